The van der Waals surface area contributed by atoms with E-state index in [0.717, 1.165) is 57.6 Å². The van der Waals surface area contributed by atoms with Crippen LogP contribution in [-0.4, -0.2) is 44.6 Å². The summed E-state index contributed by atoms with van der Waals surface area (Å²) in [7, 11) is 1.72. The van der Waals surface area contributed by atoms with E-state index in [9.17, 15) is 5.11 Å². The normalized spacial score (nSPS) is 23.8. The van der Waals surface area contributed by atoms with Gasteiger partial charge in [-0.3, -0.25) is 0 Å². The van der Waals surface area contributed by atoms with E-state index in [1.165, 1.54) is 11.1 Å². The van der Waals surface area contributed by atoms with Crippen LogP contribution in [0.1, 0.15) is 30.4 Å². The maximum atomic E-state index is 9.79. The lowest BCUT2D eigenvalue weighted by atomic mass is 9.80. The fourth-order valence-electron chi connectivity index (χ4n) is 3.59. The van der Waals surface area contributed by atoms with Crippen LogP contribution in [0.4, 0.5) is 0 Å². The first-order chi connectivity index (χ1) is 10.7. The quantitative estimate of drug-likeness (QED) is 0.873. The molecule has 0 unspecified atom stereocenters. The summed E-state index contributed by atoms with van der Waals surface area (Å²) in [6, 6.07) is 6.90. The van der Waals surface area contributed by atoms with Gasteiger partial charge in [0.2, 0.25) is 0 Å². The highest BCUT2D eigenvalue weighted by Gasteiger charge is 2.32. The number of benzene rings is 1. The minimum absolute atomic E-state index is 0.00685. The molecular formula is C18H27NO3. The van der Waals surface area contributed by atoms with Gasteiger partial charge < -0.3 is 19.9 Å². The molecule has 4 heteroatoms. The number of nitrogens with one attached hydrogen (secondary N) is 1. The molecule has 22 heavy (non-hydrogen) atoms. The van der Waals surface area contributed by atoms with Crippen molar-refractivity contribution >= 4 is 0 Å². The highest BCUT2D eigenvalue weighted by Crippen LogP contribution is 2.30. The van der Waals surface area contributed by atoms with Gasteiger partial charge in [0.05, 0.1) is 13.7 Å². The molecule has 0 amide bonds. The van der Waals surface area contributed by atoms with Crippen molar-refractivity contribution in [1.82, 2.24) is 5.32 Å². The van der Waals surface area contributed by atoms with E-state index in [1.807, 2.05) is 0 Å². The molecule has 1 aromatic rings. The summed E-state index contributed by atoms with van der Waals surface area (Å²) in [6.45, 7) is 2.68. The van der Waals surface area contributed by atoms with Crippen molar-refractivity contribution < 1.29 is 14.6 Å². The maximum Gasteiger partial charge on any atom is 0.119 e. The highest BCUT2D eigenvalue weighted by atomic mass is 16.5. The Labute approximate surface area is 132 Å². The molecule has 0 aromatic heterocycles. The second-order valence-corrected chi connectivity index (χ2v) is 6.73. The van der Waals surface area contributed by atoms with Crippen molar-refractivity contribution in [3.8, 4) is 5.75 Å². The fourth-order valence-corrected chi connectivity index (χ4v) is 3.59. The average Bonchev–Trinajstić information content (AvgIpc) is 2.60. The molecule has 1 heterocycles. The minimum atomic E-state index is 0.00685. The second kappa shape index (κ2) is 6.99. The zero-order chi connectivity index (χ0) is 15.4. The van der Waals surface area contributed by atoms with Gasteiger partial charge >= 0.3 is 0 Å². The van der Waals surface area contributed by atoms with Crippen molar-refractivity contribution in [3.63, 3.8) is 0 Å². The zero-order valence-corrected chi connectivity index (χ0v) is 13.4. The SMILES string of the molecule is COc1ccc2c(c1)C[C@@H](NCC1(CO)CCOCC1)CC2. The van der Waals surface area contributed by atoms with Gasteiger partial charge in [0.15, 0.2) is 0 Å². The number of aliphatic hydroxyl groups excluding tert-OH is 1. The van der Waals surface area contributed by atoms with Gasteiger partial charge in [-0.15, -0.1) is 0 Å². The summed E-state index contributed by atoms with van der Waals surface area (Å²) in [5.41, 5.74) is 2.85. The van der Waals surface area contributed by atoms with E-state index in [1.54, 1.807) is 7.11 Å². The Morgan fingerprint density at radius 2 is 2.14 bits per heavy atom. The Kier molecular flexibility index (Phi) is 5.01. The summed E-state index contributed by atoms with van der Waals surface area (Å²) in [4.78, 5) is 0. The smallest absolute Gasteiger partial charge is 0.119 e. The Morgan fingerprint density at radius 1 is 1.32 bits per heavy atom. The Balaban J connectivity index is 1.60. The molecular weight excluding hydrogens is 278 g/mol. The van der Waals surface area contributed by atoms with Crippen LogP contribution in [0.3, 0.4) is 0 Å². The molecule has 1 aromatic carbocycles. The average molecular weight is 305 g/mol. The Morgan fingerprint density at radius 3 is 2.86 bits per heavy atom. The molecule has 0 saturated carbocycles. The number of fused-ring (bicyclic) bond motifs is 1. The molecule has 122 valence electrons. The fraction of sp³-hybridized carbons (Fsp3) is 0.667. The summed E-state index contributed by atoms with van der Waals surface area (Å²) in [5.74, 6) is 0.940. The van der Waals surface area contributed by atoms with Crippen molar-refractivity contribution in [2.75, 3.05) is 33.5 Å². The third-order valence-corrected chi connectivity index (χ3v) is 5.30. The predicted molar refractivity (Wildman–Crippen MR) is 86.4 cm³/mol. The Bertz CT molecular complexity index is 497. The minimum Gasteiger partial charge on any atom is -0.497 e. The number of aliphatic hydroxyl groups is 1. The van der Waals surface area contributed by atoms with E-state index in [2.05, 4.69) is 23.5 Å². The lowest BCUT2D eigenvalue weighted by molar-refractivity contribution is -0.0167. The number of aryl methyl sites for hydroxylation is 1. The van der Waals surface area contributed by atoms with E-state index < -0.39 is 0 Å². The Hall–Kier alpha value is -1.10. The topological polar surface area (TPSA) is 50.7 Å². The van der Waals surface area contributed by atoms with Crippen molar-refractivity contribution in [3.05, 3.63) is 29.3 Å². The highest BCUT2D eigenvalue weighted by molar-refractivity contribution is 5.37. The van der Waals surface area contributed by atoms with Crippen LogP contribution in [0.2, 0.25) is 0 Å². The monoisotopic (exact) mass is 305 g/mol. The van der Waals surface area contributed by atoms with Crippen LogP contribution in [0.15, 0.2) is 18.2 Å². The number of rotatable bonds is 5. The third kappa shape index (κ3) is 3.45. The molecule has 1 aliphatic carbocycles. The molecule has 1 fully saturated rings. The summed E-state index contributed by atoms with van der Waals surface area (Å²) in [5, 5.41) is 13.5. The van der Waals surface area contributed by atoms with Crippen molar-refractivity contribution in [2.24, 2.45) is 5.41 Å². The van der Waals surface area contributed by atoms with Crippen LogP contribution in [0, 0.1) is 5.41 Å². The van der Waals surface area contributed by atoms with Gasteiger partial charge in [-0.2, -0.15) is 0 Å². The number of ether oxygens (including phenoxy) is 2. The largest absolute Gasteiger partial charge is 0.497 e. The summed E-state index contributed by atoms with van der Waals surface area (Å²) in [6.07, 6.45) is 5.23. The standard InChI is InChI=1S/C18H27NO3/c1-21-17-5-3-14-2-4-16(10-15(14)11-17)19-12-18(13-20)6-8-22-9-7-18/h3,5,11,16,19-20H,2,4,6-10,12-13H2,1H3/t16-/m0/s1. The summed E-state index contributed by atoms with van der Waals surface area (Å²) >= 11 is 0. The van der Waals surface area contributed by atoms with E-state index in [0.29, 0.717) is 6.04 Å². The van der Waals surface area contributed by atoms with E-state index in [4.69, 9.17) is 9.47 Å². The number of methoxy groups -OCH3 is 1. The van der Waals surface area contributed by atoms with Gasteiger partial charge in [0.1, 0.15) is 5.75 Å². The first-order valence-corrected chi connectivity index (χ1v) is 8.32. The zero-order valence-electron chi connectivity index (χ0n) is 13.4. The van der Waals surface area contributed by atoms with Gasteiger partial charge in [0, 0.05) is 31.2 Å². The van der Waals surface area contributed by atoms with Crippen LogP contribution >= 0.6 is 0 Å². The number of hydrogen-bond donors (Lipinski definition) is 2. The number of hydrogen-bond acceptors (Lipinski definition) is 4. The first-order valence-electron chi connectivity index (χ1n) is 8.32. The lowest BCUT2D eigenvalue weighted by Gasteiger charge is -2.37. The molecule has 0 spiro atoms. The first kappa shape index (κ1) is 15.8. The molecule has 3 rings (SSSR count). The molecule has 2 aliphatic rings. The van der Waals surface area contributed by atoms with Gasteiger partial charge in [0.25, 0.3) is 0 Å². The van der Waals surface area contributed by atoms with Gasteiger partial charge in [-0.05, 0) is 55.4 Å². The predicted octanol–water partition coefficient (Wildman–Crippen LogP) is 1.93. The maximum absolute atomic E-state index is 9.79. The third-order valence-electron chi connectivity index (χ3n) is 5.30. The van der Waals surface area contributed by atoms with E-state index >= 15 is 0 Å². The van der Waals surface area contributed by atoms with Crippen LogP contribution in [0.25, 0.3) is 0 Å². The molecule has 0 radical (unpaired) electrons. The van der Waals surface area contributed by atoms with Crippen LogP contribution < -0.4 is 10.1 Å². The molecule has 0 bridgehead atoms. The molecule has 2 N–H and O–H groups in total. The van der Waals surface area contributed by atoms with Crippen molar-refractivity contribution in [1.29, 1.82) is 0 Å². The van der Waals surface area contributed by atoms with Crippen LogP contribution in [0.5, 0.6) is 5.75 Å². The van der Waals surface area contributed by atoms with E-state index in [-0.39, 0.29) is 12.0 Å². The molecule has 1 aliphatic heterocycles. The molecule has 1 atom stereocenters. The lowest BCUT2D eigenvalue weighted by Crippen LogP contribution is -2.46. The van der Waals surface area contributed by atoms with Crippen LogP contribution in [-0.2, 0) is 17.6 Å². The summed E-state index contributed by atoms with van der Waals surface area (Å²) < 4.78 is 10.8. The van der Waals surface area contributed by atoms with Gasteiger partial charge in [-0.1, -0.05) is 6.07 Å². The van der Waals surface area contributed by atoms with Crippen molar-refractivity contribution in [2.45, 2.75) is 38.1 Å². The second-order valence-electron chi connectivity index (χ2n) is 6.73. The molecule has 1 saturated heterocycles. The van der Waals surface area contributed by atoms with Gasteiger partial charge in [-0.25, -0.2) is 0 Å². The molecule has 4 nitrogen and oxygen atoms in total.